The molecule has 0 aliphatic carbocycles. The maximum atomic E-state index is 12.4. The summed E-state index contributed by atoms with van der Waals surface area (Å²) in [6, 6.07) is 0.444. The first-order valence-corrected chi connectivity index (χ1v) is 11.7. The average Bonchev–Trinajstić information content (AvgIpc) is 2.74. The van der Waals surface area contributed by atoms with E-state index in [0.29, 0.717) is 72.0 Å². The van der Waals surface area contributed by atoms with Crippen LogP contribution in [0.25, 0.3) is 0 Å². The quantitative estimate of drug-likeness (QED) is 0.166. The molecule has 0 bridgehead atoms. The van der Waals surface area contributed by atoms with Crippen LogP contribution in [0.5, 0.6) is 0 Å². The molecule has 32 heavy (non-hydrogen) atoms. The molecule has 0 aliphatic heterocycles. The zero-order chi connectivity index (χ0) is 23.9. The number of ketones is 1. The number of likely N-dealkylation sites (N-methyl/N-ethyl adjacent to an activating group) is 1. The summed E-state index contributed by atoms with van der Waals surface area (Å²) in [7, 11) is 0. The zero-order valence-corrected chi connectivity index (χ0v) is 20.6. The zero-order valence-electron chi connectivity index (χ0n) is 20.6. The van der Waals surface area contributed by atoms with E-state index in [4.69, 9.17) is 18.9 Å². The molecule has 0 rings (SSSR count). The smallest absolute Gasteiger partial charge is 0.237 e. The lowest BCUT2D eigenvalue weighted by molar-refractivity contribution is -0.135. The molecule has 10 heteroatoms. The fourth-order valence-electron chi connectivity index (χ4n) is 2.57. The molecule has 0 unspecified atom stereocenters. The normalized spacial score (nSPS) is 11.3. The van der Waals surface area contributed by atoms with E-state index in [1.165, 1.54) is 11.8 Å². The number of Topliss-reactive ketones (excluding diaryl/α,β-unsaturated/α-hetero) is 1. The van der Waals surface area contributed by atoms with Gasteiger partial charge in [0, 0.05) is 32.2 Å². The first-order valence-electron chi connectivity index (χ1n) is 11.7. The molecule has 0 heterocycles. The second kappa shape index (κ2) is 23.0. The number of hydrogen-bond acceptors (Lipinski definition) is 9. The van der Waals surface area contributed by atoms with Gasteiger partial charge in [-0.25, -0.2) is 0 Å². The Kier molecular flexibility index (Phi) is 22.2. The van der Waals surface area contributed by atoms with Crippen LogP contribution in [-0.4, -0.2) is 121 Å². The van der Waals surface area contributed by atoms with Crippen molar-refractivity contribution in [2.75, 3.05) is 98.7 Å². The van der Waals surface area contributed by atoms with Crippen LogP contribution in [-0.2, 0) is 28.5 Å². The van der Waals surface area contributed by atoms with Crippen LogP contribution >= 0.6 is 0 Å². The van der Waals surface area contributed by atoms with Crippen molar-refractivity contribution in [3.8, 4) is 0 Å². The summed E-state index contributed by atoms with van der Waals surface area (Å²) in [6.07, 6.45) is 0. The Bertz CT molecular complexity index is 454. The molecule has 0 spiro atoms. The lowest BCUT2D eigenvalue weighted by atomic mass is 10.3. The van der Waals surface area contributed by atoms with Crippen LogP contribution in [0, 0.1) is 0 Å². The summed E-state index contributed by atoms with van der Waals surface area (Å²) >= 11 is 0. The molecule has 0 atom stereocenters. The Morgan fingerprint density at radius 2 is 1.31 bits per heavy atom. The van der Waals surface area contributed by atoms with Gasteiger partial charge < -0.3 is 39.8 Å². The highest BCUT2D eigenvalue weighted by Gasteiger charge is 2.14. The van der Waals surface area contributed by atoms with Crippen molar-refractivity contribution >= 4 is 11.7 Å². The van der Waals surface area contributed by atoms with Crippen LogP contribution in [0.3, 0.4) is 0 Å². The van der Waals surface area contributed by atoms with Crippen LogP contribution in [0.2, 0.25) is 0 Å². The average molecular weight is 463 g/mol. The number of rotatable bonds is 24. The van der Waals surface area contributed by atoms with E-state index in [2.05, 4.69) is 36.7 Å². The van der Waals surface area contributed by atoms with Gasteiger partial charge >= 0.3 is 0 Å². The van der Waals surface area contributed by atoms with Crippen molar-refractivity contribution in [3.63, 3.8) is 0 Å². The van der Waals surface area contributed by atoms with Gasteiger partial charge in [0.15, 0.2) is 0 Å². The summed E-state index contributed by atoms with van der Waals surface area (Å²) in [5, 5.41) is 9.50. The molecular formula is C22H46N4O6. The molecule has 0 aliphatic rings. The maximum Gasteiger partial charge on any atom is 0.237 e. The summed E-state index contributed by atoms with van der Waals surface area (Å²) in [5.41, 5.74) is 0. The van der Waals surface area contributed by atoms with Gasteiger partial charge in [0.2, 0.25) is 5.91 Å². The molecule has 0 fully saturated rings. The number of carbonyl (C=O) groups is 2. The first kappa shape index (κ1) is 30.9. The minimum atomic E-state index is -0.133. The first-order chi connectivity index (χ1) is 15.5. The highest BCUT2D eigenvalue weighted by molar-refractivity contribution is 5.85. The van der Waals surface area contributed by atoms with Gasteiger partial charge in [0.25, 0.3) is 0 Å². The third-order valence-corrected chi connectivity index (χ3v) is 4.19. The number of ether oxygens (including phenoxy) is 4. The fourth-order valence-corrected chi connectivity index (χ4v) is 2.57. The molecule has 0 saturated carbocycles. The fraction of sp³-hybridized carbons (Fsp3) is 0.909. The van der Waals surface area contributed by atoms with E-state index >= 15 is 0 Å². The minimum absolute atomic E-state index is 0.0585. The van der Waals surface area contributed by atoms with Gasteiger partial charge in [-0.2, -0.15) is 0 Å². The van der Waals surface area contributed by atoms with Crippen LogP contribution in [0.15, 0.2) is 0 Å². The molecule has 0 aromatic rings. The molecule has 10 nitrogen and oxygen atoms in total. The van der Waals surface area contributed by atoms with Crippen molar-refractivity contribution in [1.29, 1.82) is 0 Å². The molecule has 0 aromatic carbocycles. The minimum Gasteiger partial charge on any atom is -0.378 e. The predicted octanol–water partition coefficient (Wildman–Crippen LogP) is -0.332. The Balaban J connectivity index is 3.75. The maximum absolute atomic E-state index is 12.4. The molecule has 3 N–H and O–H groups in total. The second-order valence-corrected chi connectivity index (χ2v) is 7.61. The van der Waals surface area contributed by atoms with E-state index in [1.54, 1.807) is 0 Å². The van der Waals surface area contributed by atoms with Crippen molar-refractivity contribution in [3.05, 3.63) is 0 Å². The monoisotopic (exact) mass is 462 g/mol. The number of nitrogens with zero attached hydrogens (tertiary/aromatic N) is 1. The van der Waals surface area contributed by atoms with Crippen molar-refractivity contribution < 1.29 is 28.5 Å². The van der Waals surface area contributed by atoms with Crippen molar-refractivity contribution in [1.82, 2.24) is 20.9 Å². The number of amides is 1. The summed E-state index contributed by atoms with van der Waals surface area (Å²) in [6.45, 7) is 15.6. The molecule has 190 valence electrons. The van der Waals surface area contributed by atoms with Crippen LogP contribution in [0.4, 0.5) is 0 Å². The third kappa shape index (κ3) is 22.1. The Hall–Kier alpha value is -1.14. The lowest BCUT2D eigenvalue weighted by Gasteiger charge is -2.21. The van der Waals surface area contributed by atoms with E-state index in [1.807, 2.05) is 0 Å². The van der Waals surface area contributed by atoms with E-state index < -0.39 is 0 Å². The SMILES string of the molecule is CCNCCOCCOCCNCC(=O)N(CCOCCOCCNC(C)C)CC(C)=O. The Morgan fingerprint density at radius 3 is 1.84 bits per heavy atom. The highest BCUT2D eigenvalue weighted by Crippen LogP contribution is 1.92. The van der Waals surface area contributed by atoms with E-state index in [-0.39, 0.29) is 24.8 Å². The molecule has 1 amide bonds. The van der Waals surface area contributed by atoms with Gasteiger partial charge in [-0.3, -0.25) is 9.59 Å². The topological polar surface area (TPSA) is 110 Å². The van der Waals surface area contributed by atoms with Crippen LogP contribution < -0.4 is 16.0 Å². The molecule has 0 aromatic heterocycles. The van der Waals surface area contributed by atoms with Gasteiger partial charge in [0.1, 0.15) is 5.78 Å². The van der Waals surface area contributed by atoms with Crippen LogP contribution in [0.1, 0.15) is 27.7 Å². The molecular weight excluding hydrogens is 416 g/mol. The Labute approximate surface area is 194 Å². The second-order valence-electron chi connectivity index (χ2n) is 7.61. The van der Waals surface area contributed by atoms with Crippen molar-refractivity contribution in [2.45, 2.75) is 33.7 Å². The predicted molar refractivity (Wildman–Crippen MR) is 125 cm³/mol. The number of carbonyl (C=O) groups excluding carboxylic acids is 2. The standard InChI is InChI=1S/C22H46N4O6/c1-5-23-6-10-29-14-15-30-11-7-24-18-22(28)26(19-21(4)27)9-13-32-17-16-31-12-8-25-20(2)3/h20,23-25H,5-19H2,1-4H3. The van der Waals surface area contributed by atoms with E-state index in [9.17, 15) is 9.59 Å². The lowest BCUT2D eigenvalue weighted by Crippen LogP contribution is -2.43. The third-order valence-electron chi connectivity index (χ3n) is 4.19. The largest absolute Gasteiger partial charge is 0.378 e. The van der Waals surface area contributed by atoms with Gasteiger partial charge in [-0.15, -0.1) is 0 Å². The van der Waals surface area contributed by atoms with Crippen molar-refractivity contribution in [2.24, 2.45) is 0 Å². The van der Waals surface area contributed by atoms with Gasteiger partial charge in [-0.1, -0.05) is 20.8 Å². The summed E-state index contributed by atoms with van der Waals surface area (Å²) in [4.78, 5) is 25.4. The number of hydrogen-bond donors (Lipinski definition) is 3. The molecule has 0 radical (unpaired) electrons. The van der Waals surface area contributed by atoms with Gasteiger partial charge in [0.05, 0.1) is 65.9 Å². The van der Waals surface area contributed by atoms with Gasteiger partial charge in [-0.05, 0) is 13.5 Å². The molecule has 0 saturated heterocycles. The summed E-state index contributed by atoms with van der Waals surface area (Å²) in [5.74, 6) is -0.191. The summed E-state index contributed by atoms with van der Waals surface area (Å²) < 4.78 is 21.9. The Morgan fingerprint density at radius 1 is 0.781 bits per heavy atom. The highest BCUT2D eigenvalue weighted by atomic mass is 16.5. The van der Waals surface area contributed by atoms with E-state index in [0.717, 1.165) is 19.6 Å². The number of nitrogens with one attached hydrogen (secondary N) is 3.